The van der Waals surface area contributed by atoms with Gasteiger partial charge in [-0.3, -0.25) is 4.79 Å². The number of hydrogen-bond acceptors (Lipinski definition) is 3. The highest BCUT2D eigenvalue weighted by Gasteiger charge is 2.28. The quantitative estimate of drug-likeness (QED) is 0.815. The summed E-state index contributed by atoms with van der Waals surface area (Å²) in [5.74, 6) is -0.0334. The van der Waals surface area contributed by atoms with Crippen LogP contribution >= 0.6 is 0 Å². The lowest BCUT2D eigenvalue weighted by Crippen LogP contribution is -2.39. The zero-order valence-electron chi connectivity index (χ0n) is 10.2. The van der Waals surface area contributed by atoms with Crippen molar-refractivity contribution >= 4 is 11.6 Å². The van der Waals surface area contributed by atoms with Crippen LogP contribution in [0.25, 0.3) is 0 Å². The molecule has 1 aliphatic heterocycles. The third kappa shape index (κ3) is 2.88. The second kappa shape index (κ2) is 6.18. The second-order valence-electron chi connectivity index (χ2n) is 4.24. The number of anilines is 1. The molecule has 1 aromatic rings. The van der Waals surface area contributed by atoms with Crippen molar-refractivity contribution in [1.82, 2.24) is 0 Å². The number of nitrogens with zero attached hydrogens (tertiary/aromatic N) is 2. The summed E-state index contributed by atoms with van der Waals surface area (Å²) in [7, 11) is 0. The van der Waals surface area contributed by atoms with E-state index in [2.05, 4.69) is 6.07 Å². The van der Waals surface area contributed by atoms with Gasteiger partial charge in [0.05, 0.1) is 12.5 Å². The molecule has 4 heteroatoms. The SMILES string of the molecule is N#CCCN(C(=O)C1CCCO1)c1ccccc1. The Morgan fingerprint density at radius 1 is 1.44 bits per heavy atom. The maximum atomic E-state index is 12.3. The van der Waals surface area contributed by atoms with Gasteiger partial charge in [0.2, 0.25) is 0 Å². The molecule has 1 saturated heterocycles. The van der Waals surface area contributed by atoms with Crippen molar-refractivity contribution in [2.75, 3.05) is 18.1 Å². The van der Waals surface area contributed by atoms with Crippen LogP contribution < -0.4 is 4.90 Å². The average Bonchev–Trinajstić information content (AvgIpc) is 2.94. The Bertz CT molecular complexity index is 433. The summed E-state index contributed by atoms with van der Waals surface area (Å²) in [5.41, 5.74) is 0.827. The number of ether oxygens (including phenoxy) is 1. The molecule has 1 aliphatic rings. The molecule has 0 radical (unpaired) electrons. The molecule has 2 rings (SSSR count). The van der Waals surface area contributed by atoms with Crippen molar-refractivity contribution in [2.24, 2.45) is 0 Å². The van der Waals surface area contributed by atoms with Gasteiger partial charge in [0.1, 0.15) is 6.10 Å². The van der Waals surface area contributed by atoms with Gasteiger partial charge in [0.15, 0.2) is 0 Å². The molecule has 4 nitrogen and oxygen atoms in total. The summed E-state index contributed by atoms with van der Waals surface area (Å²) in [6, 6.07) is 11.5. The Hall–Kier alpha value is -1.86. The highest BCUT2D eigenvalue weighted by molar-refractivity contribution is 5.96. The Balaban J connectivity index is 2.14. The number of benzene rings is 1. The van der Waals surface area contributed by atoms with E-state index in [0.29, 0.717) is 19.6 Å². The van der Waals surface area contributed by atoms with E-state index >= 15 is 0 Å². The Morgan fingerprint density at radius 2 is 2.22 bits per heavy atom. The van der Waals surface area contributed by atoms with Gasteiger partial charge in [-0.25, -0.2) is 0 Å². The van der Waals surface area contributed by atoms with Gasteiger partial charge in [-0.15, -0.1) is 0 Å². The minimum atomic E-state index is -0.344. The van der Waals surface area contributed by atoms with Crippen LogP contribution in [-0.2, 0) is 9.53 Å². The third-order valence-corrected chi connectivity index (χ3v) is 2.99. The predicted octanol–water partition coefficient (Wildman–Crippen LogP) is 2.11. The molecule has 1 heterocycles. The van der Waals surface area contributed by atoms with Crippen molar-refractivity contribution in [1.29, 1.82) is 5.26 Å². The van der Waals surface area contributed by atoms with E-state index in [1.54, 1.807) is 4.90 Å². The molecule has 1 unspecified atom stereocenters. The zero-order chi connectivity index (χ0) is 12.8. The third-order valence-electron chi connectivity index (χ3n) is 2.99. The number of para-hydroxylation sites is 1. The fourth-order valence-electron chi connectivity index (χ4n) is 2.08. The predicted molar refractivity (Wildman–Crippen MR) is 68.0 cm³/mol. The monoisotopic (exact) mass is 244 g/mol. The number of carbonyl (C=O) groups excluding carboxylic acids is 1. The Morgan fingerprint density at radius 3 is 2.83 bits per heavy atom. The van der Waals surface area contributed by atoms with E-state index in [-0.39, 0.29) is 12.0 Å². The molecule has 0 aliphatic carbocycles. The van der Waals surface area contributed by atoms with Crippen LogP contribution in [0.1, 0.15) is 19.3 Å². The lowest BCUT2D eigenvalue weighted by Gasteiger charge is -2.24. The van der Waals surface area contributed by atoms with Crippen molar-refractivity contribution in [2.45, 2.75) is 25.4 Å². The molecule has 0 N–H and O–H groups in total. The molecular formula is C14H16N2O2. The van der Waals surface area contributed by atoms with Crippen LogP contribution in [0.5, 0.6) is 0 Å². The normalized spacial score (nSPS) is 18.3. The summed E-state index contributed by atoms with van der Waals surface area (Å²) in [6.07, 6.45) is 1.68. The Kier molecular flexibility index (Phi) is 4.32. The van der Waals surface area contributed by atoms with Crippen molar-refractivity contribution in [3.8, 4) is 6.07 Å². The second-order valence-corrected chi connectivity index (χ2v) is 4.24. The van der Waals surface area contributed by atoms with Gasteiger partial charge in [-0.05, 0) is 25.0 Å². The van der Waals surface area contributed by atoms with Gasteiger partial charge in [0.25, 0.3) is 5.91 Å². The molecule has 0 bridgehead atoms. The Labute approximate surface area is 107 Å². The fraction of sp³-hybridized carbons (Fsp3) is 0.429. The topological polar surface area (TPSA) is 53.3 Å². The maximum Gasteiger partial charge on any atom is 0.256 e. The molecule has 94 valence electrons. The molecule has 0 saturated carbocycles. The van der Waals surface area contributed by atoms with Crippen molar-refractivity contribution in [3.63, 3.8) is 0 Å². The molecule has 18 heavy (non-hydrogen) atoms. The first-order chi connectivity index (χ1) is 8.83. The van der Waals surface area contributed by atoms with Crippen molar-refractivity contribution < 1.29 is 9.53 Å². The number of hydrogen-bond donors (Lipinski definition) is 0. The first kappa shape index (κ1) is 12.6. The standard InChI is InChI=1S/C14H16N2O2/c15-9-5-10-16(12-6-2-1-3-7-12)14(17)13-8-4-11-18-13/h1-3,6-7,13H,4-5,8,10-11H2. The molecule has 1 atom stereocenters. The van der Waals surface area contributed by atoms with Crippen LogP contribution in [0.3, 0.4) is 0 Å². The summed E-state index contributed by atoms with van der Waals surface area (Å²) >= 11 is 0. The van der Waals surface area contributed by atoms with E-state index in [1.807, 2.05) is 30.3 Å². The van der Waals surface area contributed by atoms with Crippen LogP contribution in [-0.4, -0.2) is 25.2 Å². The number of amides is 1. The summed E-state index contributed by atoms with van der Waals surface area (Å²) in [4.78, 5) is 14.0. The van der Waals surface area contributed by atoms with E-state index in [0.717, 1.165) is 18.5 Å². The van der Waals surface area contributed by atoms with Crippen molar-refractivity contribution in [3.05, 3.63) is 30.3 Å². The van der Waals surface area contributed by atoms with Gasteiger partial charge in [-0.2, -0.15) is 5.26 Å². The summed E-state index contributed by atoms with van der Waals surface area (Å²) in [6.45, 7) is 1.07. The molecule has 0 spiro atoms. The van der Waals surface area contributed by atoms with Crippen LogP contribution in [0.4, 0.5) is 5.69 Å². The van der Waals surface area contributed by atoms with E-state index in [4.69, 9.17) is 10.00 Å². The molecule has 0 aromatic heterocycles. The lowest BCUT2D eigenvalue weighted by molar-refractivity contribution is -0.127. The average molecular weight is 244 g/mol. The highest BCUT2D eigenvalue weighted by atomic mass is 16.5. The minimum Gasteiger partial charge on any atom is -0.368 e. The summed E-state index contributed by atoms with van der Waals surface area (Å²) < 4.78 is 5.42. The number of rotatable bonds is 4. The zero-order valence-corrected chi connectivity index (χ0v) is 10.2. The van der Waals surface area contributed by atoms with Gasteiger partial charge >= 0.3 is 0 Å². The largest absolute Gasteiger partial charge is 0.368 e. The lowest BCUT2D eigenvalue weighted by atomic mass is 10.2. The summed E-state index contributed by atoms with van der Waals surface area (Å²) in [5, 5.41) is 8.69. The van der Waals surface area contributed by atoms with E-state index in [9.17, 15) is 4.79 Å². The van der Waals surface area contributed by atoms with Crippen LogP contribution in [0, 0.1) is 11.3 Å². The van der Waals surface area contributed by atoms with Gasteiger partial charge in [0, 0.05) is 18.8 Å². The molecule has 1 aromatic carbocycles. The maximum absolute atomic E-state index is 12.3. The molecular weight excluding hydrogens is 228 g/mol. The molecule has 1 fully saturated rings. The smallest absolute Gasteiger partial charge is 0.256 e. The highest BCUT2D eigenvalue weighted by Crippen LogP contribution is 2.20. The van der Waals surface area contributed by atoms with Crippen LogP contribution in [0.15, 0.2) is 30.3 Å². The number of nitriles is 1. The van der Waals surface area contributed by atoms with E-state index in [1.165, 1.54) is 0 Å². The van der Waals surface area contributed by atoms with Gasteiger partial charge < -0.3 is 9.64 Å². The minimum absolute atomic E-state index is 0.0334. The first-order valence-electron chi connectivity index (χ1n) is 6.18. The van der Waals surface area contributed by atoms with Gasteiger partial charge in [-0.1, -0.05) is 18.2 Å². The molecule has 1 amide bonds. The van der Waals surface area contributed by atoms with Crippen LogP contribution in [0.2, 0.25) is 0 Å². The first-order valence-corrected chi connectivity index (χ1v) is 6.18. The van der Waals surface area contributed by atoms with E-state index < -0.39 is 0 Å². The number of carbonyl (C=O) groups is 1. The fourth-order valence-corrected chi connectivity index (χ4v) is 2.08.